The Morgan fingerprint density at radius 1 is 1.44 bits per heavy atom. The number of amides is 1. The molecular formula is C13H12N4O. The third-order valence-electron chi connectivity index (χ3n) is 2.87. The molecule has 2 heterocycles. The lowest BCUT2D eigenvalue weighted by Gasteiger charge is -2.09. The van der Waals surface area contributed by atoms with Crippen LogP contribution in [-0.2, 0) is 0 Å². The molecule has 3 rings (SSSR count). The first-order valence-electron chi connectivity index (χ1n) is 5.63. The summed E-state index contributed by atoms with van der Waals surface area (Å²) in [5.41, 5.74) is 7.65. The van der Waals surface area contributed by atoms with Crippen molar-refractivity contribution in [3.8, 4) is 0 Å². The molecule has 0 bridgehead atoms. The van der Waals surface area contributed by atoms with Gasteiger partial charge in [0.2, 0.25) is 5.91 Å². The van der Waals surface area contributed by atoms with Crippen LogP contribution >= 0.6 is 0 Å². The highest BCUT2D eigenvalue weighted by molar-refractivity contribution is 5.96. The lowest BCUT2D eigenvalue weighted by atomic mass is 10.1. The SMILES string of the molecule is NC(=O)c1ccc2nn(C3=CC=CNC3)cc2c1. The molecule has 3 N–H and O–H groups in total. The van der Waals surface area contributed by atoms with Crippen LogP contribution in [0.25, 0.3) is 16.6 Å². The van der Waals surface area contributed by atoms with Crippen LogP contribution in [0.15, 0.2) is 42.7 Å². The van der Waals surface area contributed by atoms with Crippen molar-refractivity contribution in [1.29, 1.82) is 0 Å². The van der Waals surface area contributed by atoms with E-state index in [9.17, 15) is 4.79 Å². The summed E-state index contributed by atoms with van der Waals surface area (Å²) < 4.78 is 1.81. The molecule has 2 aromatic rings. The van der Waals surface area contributed by atoms with Gasteiger partial charge < -0.3 is 11.1 Å². The van der Waals surface area contributed by atoms with Gasteiger partial charge in [-0.15, -0.1) is 0 Å². The molecule has 1 aliphatic rings. The fourth-order valence-electron chi connectivity index (χ4n) is 1.93. The van der Waals surface area contributed by atoms with E-state index >= 15 is 0 Å². The number of allylic oxidation sites excluding steroid dienone is 2. The molecule has 5 nitrogen and oxygen atoms in total. The van der Waals surface area contributed by atoms with Gasteiger partial charge in [0.1, 0.15) is 0 Å². The van der Waals surface area contributed by atoms with Crippen molar-refractivity contribution in [3.63, 3.8) is 0 Å². The Balaban J connectivity index is 2.08. The largest absolute Gasteiger partial charge is 0.385 e. The van der Waals surface area contributed by atoms with E-state index in [0.717, 1.165) is 23.1 Å². The second-order valence-corrected chi connectivity index (χ2v) is 4.11. The van der Waals surface area contributed by atoms with E-state index in [0.29, 0.717) is 5.56 Å². The van der Waals surface area contributed by atoms with Gasteiger partial charge in [0.15, 0.2) is 0 Å². The highest BCUT2D eigenvalue weighted by Gasteiger charge is 2.08. The third kappa shape index (κ3) is 1.75. The number of aromatic nitrogens is 2. The number of nitrogens with zero attached hydrogens (tertiary/aromatic N) is 2. The van der Waals surface area contributed by atoms with Crippen LogP contribution in [0, 0.1) is 0 Å². The number of carbonyl (C=O) groups is 1. The van der Waals surface area contributed by atoms with E-state index < -0.39 is 5.91 Å². The number of hydrogen-bond acceptors (Lipinski definition) is 3. The molecule has 5 heteroatoms. The van der Waals surface area contributed by atoms with Gasteiger partial charge in [-0.3, -0.25) is 4.79 Å². The fourth-order valence-corrected chi connectivity index (χ4v) is 1.93. The molecule has 0 saturated heterocycles. The first-order chi connectivity index (χ1) is 8.74. The zero-order valence-corrected chi connectivity index (χ0v) is 9.63. The average molecular weight is 240 g/mol. The Morgan fingerprint density at radius 2 is 2.33 bits per heavy atom. The summed E-state index contributed by atoms with van der Waals surface area (Å²) in [6.45, 7) is 0.729. The van der Waals surface area contributed by atoms with Crippen molar-refractivity contribution in [2.75, 3.05) is 6.54 Å². The maximum Gasteiger partial charge on any atom is 0.248 e. The maximum atomic E-state index is 11.1. The molecule has 1 aromatic heterocycles. The Morgan fingerprint density at radius 3 is 3.06 bits per heavy atom. The molecule has 0 fully saturated rings. The van der Waals surface area contributed by atoms with Crippen molar-refractivity contribution in [1.82, 2.24) is 15.1 Å². The number of benzene rings is 1. The lowest BCUT2D eigenvalue weighted by molar-refractivity contribution is 0.100. The molecule has 0 saturated carbocycles. The molecule has 1 aliphatic heterocycles. The number of nitrogens with one attached hydrogen (secondary N) is 1. The van der Waals surface area contributed by atoms with Gasteiger partial charge >= 0.3 is 0 Å². The number of rotatable bonds is 2. The second kappa shape index (κ2) is 4.03. The predicted molar refractivity (Wildman–Crippen MR) is 69.7 cm³/mol. The van der Waals surface area contributed by atoms with Gasteiger partial charge in [-0.05, 0) is 36.6 Å². The Labute approximate surface area is 104 Å². The van der Waals surface area contributed by atoms with Crippen molar-refractivity contribution < 1.29 is 4.79 Å². The molecule has 0 atom stereocenters. The molecule has 1 aromatic carbocycles. The van der Waals surface area contributed by atoms with Crippen molar-refractivity contribution in [2.24, 2.45) is 5.73 Å². The van der Waals surface area contributed by atoms with Gasteiger partial charge in [-0.25, -0.2) is 4.68 Å². The number of carbonyl (C=O) groups excluding carboxylic acids is 1. The minimum absolute atomic E-state index is 0.425. The Hall–Kier alpha value is -2.56. The van der Waals surface area contributed by atoms with E-state index in [2.05, 4.69) is 10.4 Å². The summed E-state index contributed by atoms with van der Waals surface area (Å²) in [5.74, 6) is -0.425. The molecular weight excluding hydrogens is 228 g/mol. The number of dihydropyridines is 1. The van der Waals surface area contributed by atoms with E-state index in [-0.39, 0.29) is 0 Å². The lowest BCUT2D eigenvalue weighted by Crippen LogP contribution is -2.16. The highest BCUT2D eigenvalue weighted by Crippen LogP contribution is 2.17. The summed E-state index contributed by atoms with van der Waals surface area (Å²) in [5, 5.41) is 8.49. The van der Waals surface area contributed by atoms with Gasteiger partial charge in [0, 0.05) is 17.1 Å². The van der Waals surface area contributed by atoms with E-state index in [4.69, 9.17) is 5.73 Å². The number of fused-ring (bicyclic) bond motifs is 1. The first kappa shape index (κ1) is 10.6. The zero-order chi connectivity index (χ0) is 12.5. The normalized spacial score (nSPS) is 14.3. The van der Waals surface area contributed by atoms with Crippen LogP contribution in [-0.4, -0.2) is 22.2 Å². The third-order valence-corrected chi connectivity index (χ3v) is 2.87. The molecule has 0 unspecified atom stereocenters. The average Bonchev–Trinajstić information content (AvgIpc) is 2.82. The smallest absolute Gasteiger partial charge is 0.248 e. The molecule has 1 amide bonds. The molecule has 90 valence electrons. The monoisotopic (exact) mass is 240 g/mol. The van der Waals surface area contributed by atoms with Crippen molar-refractivity contribution in [2.45, 2.75) is 0 Å². The first-order valence-corrected chi connectivity index (χ1v) is 5.63. The van der Waals surface area contributed by atoms with Crippen molar-refractivity contribution >= 4 is 22.5 Å². The van der Waals surface area contributed by atoms with E-state index in [1.165, 1.54) is 0 Å². The topological polar surface area (TPSA) is 72.9 Å². The number of nitrogens with two attached hydrogens (primary N) is 1. The van der Waals surface area contributed by atoms with Crippen LogP contribution in [0.1, 0.15) is 10.4 Å². The van der Waals surface area contributed by atoms with E-state index in [1.54, 1.807) is 18.2 Å². The summed E-state index contributed by atoms with van der Waals surface area (Å²) in [6, 6.07) is 5.25. The van der Waals surface area contributed by atoms with Gasteiger partial charge in [-0.1, -0.05) is 0 Å². The van der Waals surface area contributed by atoms with E-state index in [1.807, 2.05) is 29.2 Å². The minimum Gasteiger partial charge on any atom is -0.385 e. The van der Waals surface area contributed by atoms with Crippen LogP contribution in [0.4, 0.5) is 0 Å². The maximum absolute atomic E-state index is 11.1. The summed E-state index contributed by atoms with van der Waals surface area (Å²) >= 11 is 0. The van der Waals surface area contributed by atoms with Crippen LogP contribution in [0.3, 0.4) is 0 Å². The Bertz CT molecular complexity index is 681. The van der Waals surface area contributed by atoms with Crippen LogP contribution in [0.2, 0.25) is 0 Å². The second-order valence-electron chi connectivity index (χ2n) is 4.11. The quantitative estimate of drug-likeness (QED) is 0.825. The summed E-state index contributed by atoms with van der Waals surface area (Å²) in [7, 11) is 0. The highest BCUT2D eigenvalue weighted by atomic mass is 16.1. The van der Waals surface area contributed by atoms with Gasteiger partial charge in [0.05, 0.1) is 17.8 Å². The molecule has 18 heavy (non-hydrogen) atoms. The fraction of sp³-hybridized carbons (Fsp3) is 0.0769. The van der Waals surface area contributed by atoms with Gasteiger partial charge in [0.25, 0.3) is 0 Å². The van der Waals surface area contributed by atoms with Crippen molar-refractivity contribution in [3.05, 3.63) is 48.3 Å². The van der Waals surface area contributed by atoms with Crippen LogP contribution in [0.5, 0.6) is 0 Å². The van der Waals surface area contributed by atoms with Crippen LogP contribution < -0.4 is 11.1 Å². The number of hydrogen-bond donors (Lipinski definition) is 2. The standard InChI is InChI=1S/C13H12N4O/c14-13(18)9-3-4-12-10(6-9)8-17(16-12)11-2-1-5-15-7-11/h1-6,8,15H,7H2,(H2,14,18). The number of primary amides is 1. The predicted octanol–water partition coefficient (Wildman–Crippen LogP) is 1.09. The molecule has 0 radical (unpaired) electrons. The molecule has 0 spiro atoms. The zero-order valence-electron chi connectivity index (χ0n) is 9.63. The van der Waals surface area contributed by atoms with Gasteiger partial charge in [-0.2, -0.15) is 5.10 Å². The Kier molecular flexibility index (Phi) is 2.37. The molecule has 0 aliphatic carbocycles. The minimum atomic E-state index is -0.425. The summed E-state index contributed by atoms with van der Waals surface area (Å²) in [4.78, 5) is 11.1. The summed E-state index contributed by atoms with van der Waals surface area (Å²) in [6.07, 6.45) is 7.71.